The van der Waals surface area contributed by atoms with E-state index in [4.69, 9.17) is 32.7 Å². The average Bonchev–Trinajstić information content (AvgIpc) is 3.38. The fourth-order valence-corrected chi connectivity index (χ4v) is 10.6. The molecule has 4 fully saturated rings. The second-order valence-electron chi connectivity index (χ2n) is 19.1. The number of piperidine rings is 4. The molecule has 6 aromatic rings. The number of phenolic OH excluding ortho intramolecular Hbond substituents is 1. The van der Waals surface area contributed by atoms with E-state index in [0.717, 1.165) is 54.7 Å². The number of carbonyl (C=O) groups excluding carboxylic acids is 3. The van der Waals surface area contributed by atoms with Gasteiger partial charge in [-0.25, -0.2) is 0 Å². The van der Waals surface area contributed by atoms with Gasteiger partial charge in [0.05, 0.1) is 39.9 Å². The molecule has 15 heteroatoms. The zero-order valence-electron chi connectivity index (χ0n) is 39.5. The molecule has 0 saturated carbocycles. The van der Waals surface area contributed by atoms with Crippen LogP contribution < -0.4 is 15.6 Å². The van der Waals surface area contributed by atoms with Gasteiger partial charge < -0.3 is 39.8 Å². The number of aromatic nitrogens is 1. The maximum absolute atomic E-state index is 14.2. The minimum atomic E-state index is -0.924. The molecule has 2 bridgehead atoms. The van der Waals surface area contributed by atoms with Crippen LogP contribution in [0.5, 0.6) is 17.2 Å². The molecule has 370 valence electrons. The molecule has 10 rings (SSSR count). The quantitative estimate of drug-likeness (QED) is 0.0486. The summed E-state index contributed by atoms with van der Waals surface area (Å²) in [7, 11) is 0. The number of carbonyl (C=O) groups is 3. The lowest BCUT2D eigenvalue weighted by atomic mass is 9.72. The van der Waals surface area contributed by atoms with E-state index in [0.29, 0.717) is 90.4 Å². The highest BCUT2D eigenvalue weighted by molar-refractivity contribution is 6.42. The fourth-order valence-electron chi connectivity index (χ4n) is 10.3. The molecule has 4 saturated heterocycles. The van der Waals surface area contributed by atoms with E-state index < -0.39 is 11.5 Å². The number of pyridine rings is 1. The number of rotatable bonds is 18. The van der Waals surface area contributed by atoms with Crippen molar-refractivity contribution in [3.8, 4) is 17.2 Å². The number of esters is 1. The first kappa shape index (κ1) is 49.7. The van der Waals surface area contributed by atoms with Gasteiger partial charge >= 0.3 is 5.97 Å². The molecule has 2 amide bonds. The van der Waals surface area contributed by atoms with Gasteiger partial charge in [-0.2, -0.15) is 0 Å². The Balaban J connectivity index is 0.817. The Hall–Kier alpha value is -6.22. The van der Waals surface area contributed by atoms with Gasteiger partial charge in [-0.3, -0.25) is 24.1 Å². The molecule has 0 radical (unpaired) electrons. The van der Waals surface area contributed by atoms with Crippen LogP contribution in [0, 0.1) is 5.92 Å². The van der Waals surface area contributed by atoms with Crippen LogP contribution in [-0.4, -0.2) is 106 Å². The number of amides is 2. The Morgan fingerprint density at radius 3 is 2.25 bits per heavy atom. The molecule has 13 nitrogen and oxygen atoms in total. The number of aromatic amines is 1. The number of aromatic hydroxyl groups is 1. The molecule has 71 heavy (non-hydrogen) atoms. The summed E-state index contributed by atoms with van der Waals surface area (Å²) in [4.78, 5) is 62.7. The normalized spacial score (nSPS) is 18.7. The Bertz CT molecular complexity index is 2900. The first-order chi connectivity index (χ1) is 34.4. The monoisotopic (exact) mass is 999 g/mol. The summed E-state index contributed by atoms with van der Waals surface area (Å²) in [5.41, 5.74) is 3.12. The van der Waals surface area contributed by atoms with Crippen LogP contribution in [0.25, 0.3) is 10.9 Å². The number of halogens is 2. The first-order valence-corrected chi connectivity index (χ1v) is 25.2. The van der Waals surface area contributed by atoms with E-state index in [1.807, 2.05) is 83.8 Å². The number of nitrogens with zero attached hydrogens (tertiary/aromatic N) is 3. The zero-order chi connectivity index (χ0) is 49.5. The van der Waals surface area contributed by atoms with Gasteiger partial charge in [0.15, 0.2) is 0 Å². The number of H-pyrrole nitrogens is 1. The highest BCUT2D eigenvalue weighted by Crippen LogP contribution is 2.40. The minimum Gasteiger partial charge on any atom is -0.506 e. The molecule has 5 aromatic carbocycles. The summed E-state index contributed by atoms with van der Waals surface area (Å²) in [6.45, 7) is 5.25. The van der Waals surface area contributed by atoms with Crippen molar-refractivity contribution in [1.82, 2.24) is 25.0 Å². The predicted molar refractivity (Wildman–Crippen MR) is 274 cm³/mol. The van der Waals surface area contributed by atoms with Crippen LogP contribution in [0.3, 0.4) is 0 Å². The van der Waals surface area contributed by atoms with E-state index in [1.54, 1.807) is 35.2 Å². The molecule has 4 aliphatic rings. The first-order valence-electron chi connectivity index (χ1n) is 24.5. The van der Waals surface area contributed by atoms with Crippen LogP contribution in [0.4, 0.5) is 0 Å². The number of likely N-dealkylation sites (tertiary alicyclic amines) is 1. The van der Waals surface area contributed by atoms with Crippen molar-refractivity contribution in [3.05, 3.63) is 170 Å². The maximum atomic E-state index is 14.2. The number of fused-ring (bicyclic) bond motifs is 4. The van der Waals surface area contributed by atoms with Gasteiger partial charge in [0.1, 0.15) is 23.4 Å². The number of aliphatic hydroxyl groups is 1. The van der Waals surface area contributed by atoms with E-state index in [1.165, 1.54) is 12.1 Å². The van der Waals surface area contributed by atoms with E-state index in [9.17, 15) is 29.4 Å². The molecule has 5 heterocycles. The van der Waals surface area contributed by atoms with Crippen molar-refractivity contribution >= 4 is 51.9 Å². The Morgan fingerprint density at radius 2 is 1.54 bits per heavy atom. The predicted octanol–water partition coefficient (Wildman–Crippen LogP) is 8.36. The summed E-state index contributed by atoms with van der Waals surface area (Å²) in [5, 5.41) is 26.0. The molecule has 4 aliphatic heterocycles. The lowest BCUT2D eigenvalue weighted by Crippen LogP contribution is -2.55. The number of hydrogen-bond donors (Lipinski definition) is 4. The highest BCUT2D eigenvalue weighted by Gasteiger charge is 2.47. The number of nitrogens with one attached hydrogen (secondary N) is 2. The van der Waals surface area contributed by atoms with Gasteiger partial charge in [-0.05, 0) is 122 Å². The second-order valence-corrected chi connectivity index (χ2v) is 19.9. The molecular weight excluding hydrogens is 942 g/mol. The Labute approximate surface area is 423 Å². The molecule has 2 atom stereocenters. The smallest absolute Gasteiger partial charge is 0.317 e. The largest absolute Gasteiger partial charge is 0.506 e. The van der Waals surface area contributed by atoms with Crippen molar-refractivity contribution in [2.45, 2.75) is 69.1 Å². The zero-order valence-corrected chi connectivity index (χ0v) is 41.0. The molecule has 4 N–H and O–H groups in total. The number of phenols is 1. The molecule has 2 unspecified atom stereocenters. The average molecular weight is 1000 g/mol. The Morgan fingerprint density at radius 1 is 0.803 bits per heavy atom. The van der Waals surface area contributed by atoms with Crippen LogP contribution in [0.1, 0.15) is 66.0 Å². The van der Waals surface area contributed by atoms with E-state index >= 15 is 0 Å². The van der Waals surface area contributed by atoms with Crippen molar-refractivity contribution in [3.63, 3.8) is 0 Å². The van der Waals surface area contributed by atoms with Gasteiger partial charge in [0.2, 0.25) is 17.4 Å². The van der Waals surface area contributed by atoms with Crippen molar-refractivity contribution in [2.24, 2.45) is 5.92 Å². The summed E-state index contributed by atoms with van der Waals surface area (Å²) >= 11 is 12.4. The highest BCUT2D eigenvalue weighted by atomic mass is 35.5. The topological polar surface area (TPSA) is 165 Å². The lowest BCUT2D eigenvalue weighted by molar-refractivity contribution is -0.168. The summed E-state index contributed by atoms with van der Waals surface area (Å²) < 4.78 is 12.4. The molecule has 1 aromatic heterocycles. The maximum Gasteiger partial charge on any atom is 0.317 e. The number of aliphatic hydroxyl groups excluding tert-OH is 1. The molecular formula is C56H59Cl2N5O8. The van der Waals surface area contributed by atoms with Gasteiger partial charge in [0, 0.05) is 56.8 Å². The lowest BCUT2D eigenvalue weighted by Gasteiger charge is -2.46. The van der Waals surface area contributed by atoms with Crippen molar-refractivity contribution in [1.29, 1.82) is 0 Å². The Kier molecular flexibility index (Phi) is 15.7. The number of benzene rings is 5. The van der Waals surface area contributed by atoms with E-state index in [-0.39, 0.29) is 60.1 Å². The van der Waals surface area contributed by atoms with Gasteiger partial charge in [0.25, 0.3) is 0 Å². The van der Waals surface area contributed by atoms with Crippen LogP contribution in [0.2, 0.25) is 10.0 Å². The molecule has 0 aliphatic carbocycles. The van der Waals surface area contributed by atoms with Crippen molar-refractivity contribution in [2.75, 3.05) is 52.4 Å². The third-order valence-corrected chi connectivity index (χ3v) is 15.2. The SMILES string of the molecule is O=C(Cc1ccc(CC(=O)N(CCCNCC(O)c2ccc(O)c3[nH]c(=O)ccc23)Cc2cccc(Oc3ccc(Cl)c(Cl)c3)c2)cc1)N1CCC(C(=O)OC2CN3CCC2CC3)(c2ccccc2)CC1. The van der Waals surface area contributed by atoms with Gasteiger partial charge in [-0.15, -0.1) is 0 Å². The third-order valence-electron chi connectivity index (χ3n) is 14.4. The number of hydrogen-bond acceptors (Lipinski definition) is 10. The minimum absolute atomic E-state index is 0.00770. The van der Waals surface area contributed by atoms with Crippen molar-refractivity contribution < 1.29 is 34.1 Å². The van der Waals surface area contributed by atoms with Crippen LogP contribution in [-0.2, 0) is 43.9 Å². The van der Waals surface area contributed by atoms with Crippen LogP contribution in [0.15, 0.2) is 126 Å². The van der Waals surface area contributed by atoms with Crippen LogP contribution >= 0.6 is 23.2 Å². The third kappa shape index (κ3) is 11.9. The van der Waals surface area contributed by atoms with Gasteiger partial charge in [-0.1, -0.05) is 96.0 Å². The van der Waals surface area contributed by atoms with E-state index in [2.05, 4.69) is 15.2 Å². The number of ether oxygens (including phenoxy) is 2. The summed E-state index contributed by atoms with van der Waals surface area (Å²) in [5.74, 6) is 1.16. The fraction of sp³-hybridized carbons (Fsp3) is 0.357. The standard InChI is InChI=1S/C56H59Cl2N5O8/c57-46-17-14-43(33-47(46)58)70-42-9-4-6-39(30-42)35-63(25-5-24-59-34-49(65)44-15-18-48(64)54-45(44)16-19-51(66)60-54)53(68)32-38-12-10-37(11-13-38)31-52(67)62-28-22-56(23-29-62,41-7-2-1-3-8-41)55(69)71-50-36-61-26-20-40(50)21-27-61/h1-4,6-19,30,33,40,49-50,59,64-65H,5,20-29,31-32,34-36H2,(H,60,66). The second kappa shape index (κ2) is 22.5. The molecule has 0 spiro atoms. The summed E-state index contributed by atoms with van der Waals surface area (Å²) in [6.07, 6.45) is 3.02. The summed E-state index contributed by atoms with van der Waals surface area (Å²) in [6, 6.07) is 36.1.